The Morgan fingerprint density at radius 3 is 2.18 bits per heavy atom. The average Bonchev–Trinajstić information content (AvgIpc) is 3.28. The summed E-state index contributed by atoms with van der Waals surface area (Å²) in [5.41, 5.74) is -0.398. The molecule has 0 radical (unpaired) electrons. The number of halogens is 4. The highest BCUT2D eigenvalue weighted by Gasteiger charge is 2.28. The van der Waals surface area contributed by atoms with Crippen molar-refractivity contribution in [3.8, 4) is 16.8 Å². The van der Waals surface area contributed by atoms with Gasteiger partial charge in [-0.3, -0.25) is 4.57 Å². The van der Waals surface area contributed by atoms with E-state index in [0.29, 0.717) is 21.4 Å². The van der Waals surface area contributed by atoms with Crippen LogP contribution in [0.15, 0.2) is 59.6 Å². The lowest BCUT2D eigenvalue weighted by molar-refractivity contribution is 0.0741. The molecule has 0 fully saturated rings. The molecule has 0 saturated heterocycles. The molecule has 3 aromatic carbocycles. The zero-order valence-electron chi connectivity index (χ0n) is 21.5. The quantitative estimate of drug-likeness (QED) is 0.258. The van der Waals surface area contributed by atoms with Gasteiger partial charge in [0.1, 0.15) is 23.1 Å². The van der Waals surface area contributed by atoms with E-state index >= 15 is 4.39 Å². The molecule has 11 heteroatoms. The Bertz CT molecular complexity index is 1660. The number of hydrogen-bond donors (Lipinski definition) is 2. The minimum atomic E-state index is -3.87. The van der Waals surface area contributed by atoms with E-state index in [9.17, 15) is 23.0 Å². The Balaban J connectivity index is 1.88. The molecule has 39 heavy (non-hydrogen) atoms. The van der Waals surface area contributed by atoms with Crippen LogP contribution in [0.2, 0.25) is 10.0 Å². The fourth-order valence-corrected chi connectivity index (χ4v) is 6.06. The molecule has 0 aliphatic carbocycles. The zero-order valence-corrected chi connectivity index (χ0v) is 23.8. The number of hydrogen-bond acceptors (Lipinski definition) is 5. The van der Waals surface area contributed by atoms with Crippen molar-refractivity contribution >= 4 is 33.0 Å². The van der Waals surface area contributed by atoms with Crippen molar-refractivity contribution in [2.24, 2.45) is 0 Å². The van der Waals surface area contributed by atoms with Gasteiger partial charge >= 0.3 is 0 Å². The number of aliphatic hydroxyl groups is 2. The summed E-state index contributed by atoms with van der Waals surface area (Å²) in [4.78, 5) is 4.22. The molecule has 4 rings (SSSR count). The molecule has 1 aromatic heterocycles. The van der Waals surface area contributed by atoms with Crippen molar-refractivity contribution < 1.29 is 27.4 Å². The summed E-state index contributed by atoms with van der Waals surface area (Å²) in [5.74, 6) is -1.76. The Labute approximate surface area is 235 Å². The summed E-state index contributed by atoms with van der Waals surface area (Å²) in [6, 6.07) is 11.4. The fourth-order valence-electron chi connectivity index (χ4n) is 4.39. The largest absolute Gasteiger partial charge is 0.392 e. The first-order valence-electron chi connectivity index (χ1n) is 11.8. The molecule has 6 nitrogen and oxygen atoms in total. The summed E-state index contributed by atoms with van der Waals surface area (Å²) >= 11 is 12.9. The van der Waals surface area contributed by atoms with Gasteiger partial charge in [-0.1, -0.05) is 42.3 Å². The molecule has 206 valence electrons. The maximum atomic E-state index is 15.7. The third-order valence-electron chi connectivity index (χ3n) is 6.43. The van der Waals surface area contributed by atoms with Crippen LogP contribution in [-0.2, 0) is 22.0 Å². The predicted octanol–water partition coefficient (Wildman–Crippen LogP) is 6.40. The van der Waals surface area contributed by atoms with Gasteiger partial charge in [0, 0.05) is 34.0 Å². The monoisotopic (exact) mass is 594 g/mol. The Hall–Kier alpha value is -2.82. The van der Waals surface area contributed by atoms with Crippen LogP contribution in [0.5, 0.6) is 0 Å². The maximum absolute atomic E-state index is 15.7. The fraction of sp³-hybridized carbons (Fsp3) is 0.250. The SMILES string of the molecule is C[C@@H](c1c(Cl)cccc1Cl)c1nc(C(C)(C)O)cn1-c1ccc(-c2cc(F)c(CO)c(S(C)(=O)=O)c2)cc1F. The standard InChI is InChI=1S/C28H26Cl2F2N2O4S/c1-15(26-19(29)6-5-7-20(26)30)27-33-25(28(2,3)36)13-34(27)23-9-8-16(10-22(23)32)17-11-21(31)18(14-35)24(12-17)39(4,37)38/h5-13,15,35-36H,14H2,1-4H3/t15-/m0/s1. The van der Waals surface area contributed by atoms with Crippen molar-refractivity contribution in [1.82, 2.24) is 9.55 Å². The number of imidazole rings is 1. The molecule has 2 N–H and O–H groups in total. The molecule has 0 bridgehead atoms. The van der Waals surface area contributed by atoms with Gasteiger partial charge < -0.3 is 10.2 Å². The van der Waals surface area contributed by atoms with E-state index in [1.54, 1.807) is 32.0 Å². The van der Waals surface area contributed by atoms with Gasteiger partial charge in [-0.05, 0) is 66.9 Å². The first kappa shape index (κ1) is 29.2. The lowest BCUT2D eigenvalue weighted by Crippen LogP contribution is -2.16. The van der Waals surface area contributed by atoms with Gasteiger partial charge in [0.15, 0.2) is 9.84 Å². The van der Waals surface area contributed by atoms with Crippen LogP contribution in [0.1, 0.15) is 49.3 Å². The van der Waals surface area contributed by atoms with Gasteiger partial charge in [-0.2, -0.15) is 0 Å². The molecular formula is C28H26Cl2F2N2O4S. The van der Waals surface area contributed by atoms with Crippen molar-refractivity contribution in [1.29, 1.82) is 0 Å². The van der Waals surface area contributed by atoms with Crippen LogP contribution in [0.3, 0.4) is 0 Å². The average molecular weight is 595 g/mol. The third-order valence-corrected chi connectivity index (χ3v) is 8.26. The number of aromatic nitrogens is 2. The lowest BCUT2D eigenvalue weighted by Gasteiger charge is -2.18. The van der Waals surface area contributed by atoms with Crippen LogP contribution in [0, 0.1) is 11.6 Å². The molecule has 0 amide bonds. The molecule has 1 heterocycles. The van der Waals surface area contributed by atoms with Crippen molar-refractivity contribution in [2.45, 2.75) is 43.8 Å². The number of rotatable bonds is 7. The molecule has 0 aliphatic rings. The smallest absolute Gasteiger partial charge is 0.176 e. The van der Waals surface area contributed by atoms with Gasteiger partial charge in [0.2, 0.25) is 0 Å². The van der Waals surface area contributed by atoms with E-state index in [1.165, 1.54) is 29.0 Å². The van der Waals surface area contributed by atoms with Gasteiger partial charge in [0.25, 0.3) is 0 Å². The number of nitrogens with zero attached hydrogens (tertiary/aromatic N) is 2. The third kappa shape index (κ3) is 5.73. The second kappa shape index (κ2) is 10.6. The Kier molecular flexibility index (Phi) is 7.95. The van der Waals surface area contributed by atoms with E-state index < -0.39 is 39.6 Å². The van der Waals surface area contributed by atoms with E-state index in [-0.39, 0.29) is 33.0 Å². The Morgan fingerprint density at radius 1 is 1.03 bits per heavy atom. The Morgan fingerprint density at radius 2 is 1.64 bits per heavy atom. The highest BCUT2D eigenvalue weighted by Crippen LogP contribution is 2.38. The van der Waals surface area contributed by atoms with Gasteiger partial charge in [0.05, 0.1) is 22.9 Å². The van der Waals surface area contributed by atoms with Crippen LogP contribution >= 0.6 is 23.2 Å². The van der Waals surface area contributed by atoms with Crippen molar-refractivity contribution in [3.63, 3.8) is 0 Å². The summed E-state index contributed by atoms with van der Waals surface area (Å²) in [7, 11) is -3.87. The molecule has 0 unspecified atom stereocenters. The molecule has 1 atom stereocenters. The first-order valence-corrected chi connectivity index (χ1v) is 14.5. The van der Waals surface area contributed by atoms with Crippen LogP contribution < -0.4 is 0 Å². The van der Waals surface area contributed by atoms with E-state index in [4.69, 9.17) is 23.2 Å². The number of sulfone groups is 1. The molecule has 0 saturated carbocycles. The minimum absolute atomic E-state index is 0.0857. The van der Waals surface area contributed by atoms with Crippen molar-refractivity contribution in [3.05, 3.63) is 99.1 Å². The molecule has 0 spiro atoms. The van der Waals surface area contributed by atoms with Crippen LogP contribution in [0.4, 0.5) is 8.78 Å². The second-order valence-electron chi connectivity index (χ2n) is 9.80. The number of aliphatic hydroxyl groups excluding tert-OH is 1. The van der Waals surface area contributed by atoms with Crippen LogP contribution in [-0.4, -0.2) is 34.4 Å². The summed E-state index contributed by atoms with van der Waals surface area (Å²) in [6.45, 7) is 4.12. The van der Waals surface area contributed by atoms with E-state index in [0.717, 1.165) is 18.4 Å². The normalized spacial score (nSPS) is 13.1. The predicted molar refractivity (Wildman–Crippen MR) is 147 cm³/mol. The van der Waals surface area contributed by atoms with Gasteiger partial charge in [-0.25, -0.2) is 22.2 Å². The van der Waals surface area contributed by atoms with E-state index in [1.807, 2.05) is 6.92 Å². The highest BCUT2D eigenvalue weighted by molar-refractivity contribution is 7.90. The topological polar surface area (TPSA) is 92.4 Å². The second-order valence-corrected chi connectivity index (χ2v) is 12.6. The summed E-state index contributed by atoms with van der Waals surface area (Å²) in [6.07, 6.45) is 2.42. The first-order chi connectivity index (χ1) is 18.1. The molecule has 4 aromatic rings. The summed E-state index contributed by atoms with van der Waals surface area (Å²) < 4.78 is 56.3. The maximum Gasteiger partial charge on any atom is 0.176 e. The van der Waals surface area contributed by atoms with Crippen LogP contribution in [0.25, 0.3) is 16.8 Å². The molecule has 0 aliphatic heterocycles. The lowest BCUT2D eigenvalue weighted by atomic mass is 9.99. The van der Waals surface area contributed by atoms with E-state index in [2.05, 4.69) is 4.98 Å². The van der Waals surface area contributed by atoms with Crippen molar-refractivity contribution in [2.75, 3.05) is 6.26 Å². The zero-order chi connectivity index (χ0) is 28.9. The number of benzene rings is 3. The molecular weight excluding hydrogens is 569 g/mol. The minimum Gasteiger partial charge on any atom is -0.392 e. The highest BCUT2D eigenvalue weighted by atomic mass is 35.5. The summed E-state index contributed by atoms with van der Waals surface area (Å²) in [5, 5.41) is 20.9. The van der Waals surface area contributed by atoms with Gasteiger partial charge in [-0.15, -0.1) is 0 Å².